The largest absolute Gasteiger partial charge is 0.461 e. The van der Waals surface area contributed by atoms with Gasteiger partial charge in [-0.05, 0) is 58.9 Å². The molecule has 0 aliphatic heterocycles. The standard InChI is InChI=1S/C27H41NO5/c1-9-13-21(25(30)33-27(6,7)8)22(16-18(2)3)24(29)28-23(26(31)32-19(4)5)17-20-14-11-10-12-15-20/h9-12,14-15,18-19,21-23H,1,13,16-17H2,2-8H3,(H,28,29)/t21-,22+,23-/m0/s1. The highest BCUT2D eigenvalue weighted by molar-refractivity contribution is 5.89. The van der Waals surface area contributed by atoms with Gasteiger partial charge >= 0.3 is 11.9 Å². The van der Waals surface area contributed by atoms with Gasteiger partial charge in [-0.15, -0.1) is 6.58 Å². The molecule has 1 amide bonds. The molecule has 0 saturated carbocycles. The maximum Gasteiger partial charge on any atom is 0.329 e. The van der Waals surface area contributed by atoms with Gasteiger partial charge in [-0.1, -0.05) is 50.3 Å². The van der Waals surface area contributed by atoms with Crippen LogP contribution in [0.3, 0.4) is 0 Å². The number of allylic oxidation sites excluding steroid dienone is 1. The van der Waals surface area contributed by atoms with E-state index < -0.39 is 35.4 Å². The second kappa shape index (κ2) is 13.2. The SMILES string of the molecule is C=CC[C@H](C(=O)OC(C)(C)C)[C@@H](CC(C)C)C(=O)N[C@@H](Cc1ccccc1)C(=O)OC(C)C. The van der Waals surface area contributed by atoms with E-state index in [1.807, 2.05) is 44.2 Å². The summed E-state index contributed by atoms with van der Waals surface area (Å²) in [5, 5.41) is 2.88. The topological polar surface area (TPSA) is 81.7 Å². The minimum Gasteiger partial charge on any atom is -0.461 e. The van der Waals surface area contributed by atoms with Crippen LogP contribution in [0.5, 0.6) is 0 Å². The second-order valence-electron chi connectivity index (χ2n) is 10.1. The van der Waals surface area contributed by atoms with E-state index >= 15 is 0 Å². The molecular formula is C27H41NO5. The number of ether oxygens (including phenoxy) is 2. The zero-order chi connectivity index (χ0) is 25.2. The van der Waals surface area contributed by atoms with Crippen LogP contribution in [0.1, 0.15) is 66.9 Å². The zero-order valence-electron chi connectivity index (χ0n) is 21.2. The van der Waals surface area contributed by atoms with E-state index in [0.29, 0.717) is 19.3 Å². The Morgan fingerprint density at radius 2 is 1.61 bits per heavy atom. The average molecular weight is 460 g/mol. The third-order valence-corrected chi connectivity index (χ3v) is 4.91. The van der Waals surface area contributed by atoms with Crippen molar-refractivity contribution in [2.24, 2.45) is 17.8 Å². The monoisotopic (exact) mass is 459 g/mol. The van der Waals surface area contributed by atoms with Crippen LogP contribution in [-0.4, -0.2) is 35.6 Å². The van der Waals surface area contributed by atoms with Crippen LogP contribution < -0.4 is 5.32 Å². The summed E-state index contributed by atoms with van der Waals surface area (Å²) in [6.45, 7) is 16.7. The first kappa shape index (κ1) is 28.4. The van der Waals surface area contributed by atoms with E-state index in [-0.39, 0.29) is 17.9 Å². The van der Waals surface area contributed by atoms with E-state index in [1.165, 1.54) is 0 Å². The molecule has 1 rings (SSSR count). The van der Waals surface area contributed by atoms with E-state index in [2.05, 4.69) is 11.9 Å². The van der Waals surface area contributed by atoms with E-state index in [4.69, 9.17) is 9.47 Å². The van der Waals surface area contributed by atoms with Crippen LogP contribution in [0.2, 0.25) is 0 Å². The van der Waals surface area contributed by atoms with Gasteiger partial charge in [0.2, 0.25) is 5.91 Å². The number of hydrogen-bond acceptors (Lipinski definition) is 5. The van der Waals surface area contributed by atoms with Gasteiger partial charge in [-0.25, -0.2) is 4.79 Å². The Morgan fingerprint density at radius 3 is 2.09 bits per heavy atom. The molecule has 0 aliphatic rings. The molecule has 0 spiro atoms. The van der Waals surface area contributed by atoms with Crippen molar-refractivity contribution in [3.8, 4) is 0 Å². The summed E-state index contributed by atoms with van der Waals surface area (Å²) in [6, 6.07) is 8.59. The summed E-state index contributed by atoms with van der Waals surface area (Å²) in [7, 11) is 0. The fourth-order valence-corrected chi connectivity index (χ4v) is 3.58. The molecule has 0 bridgehead atoms. The van der Waals surface area contributed by atoms with Gasteiger partial charge in [0.15, 0.2) is 0 Å². The van der Waals surface area contributed by atoms with Gasteiger partial charge in [0.25, 0.3) is 0 Å². The molecule has 0 heterocycles. The van der Waals surface area contributed by atoms with Crippen LogP contribution in [-0.2, 0) is 30.3 Å². The molecule has 0 aliphatic carbocycles. The molecule has 3 atom stereocenters. The van der Waals surface area contributed by atoms with Crippen molar-refractivity contribution in [1.82, 2.24) is 5.32 Å². The predicted octanol–water partition coefficient (Wildman–Crippen LogP) is 4.86. The highest BCUT2D eigenvalue weighted by atomic mass is 16.6. The minimum atomic E-state index is -0.861. The first-order chi connectivity index (χ1) is 15.3. The van der Waals surface area contributed by atoms with Crippen LogP contribution >= 0.6 is 0 Å². The Bertz CT molecular complexity index is 779. The van der Waals surface area contributed by atoms with Crippen LogP contribution in [0.15, 0.2) is 43.0 Å². The number of hydrogen-bond donors (Lipinski definition) is 1. The summed E-state index contributed by atoms with van der Waals surface area (Å²) < 4.78 is 11.0. The van der Waals surface area contributed by atoms with Gasteiger partial charge in [0.1, 0.15) is 11.6 Å². The molecule has 0 aromatic heterocycles. The second-order valence-corrected chi connectivity index (χ2v) is 10.1. The molecule has 1 N–H and O–H groups in total. The van der Waals surface area contributed by atoms with E-state index in [0.717, 1.165) is 5.56 Å². The Balaban J connectivity index is 3.21. The van der Waals surface area contributed by atoms with Gasteiger partial charge in [0.05, 0.1) is 17.9 Å². The maximum absolute atomic E-state index is 13.5. The highest BCUT2D eigenvalue weighted by Gasteiger charge is 2.38. The number of carbonyl (C=O) groups is 3. The Labute approximate surface area is 199 Å². The summed E-state index contributed by atoms with van der Waals surface area (Å²) in [6.07, 6.45) is 2.39. The Hall–Kier alpha value is -2.63. The van der Waals surface area contributed by atoms with E-state index in [1.54, 1.807) is 40.7 Å². The summed E-state index contributed by atoms with van der Waals surface area (Å²) in [4.78, 5) is 39.3. The van der Waals surface area contributed by atoms with Crippen LogP contribution in [0.4, 0.5) is 0 Å². The third-order valence-electron chi connectivity index (χ3n) is 4.91. The number of rotatable bonds is 12. The Morgan fingerprint density at radius 1 is 1.00 bits per heavy atom. The van der Waals surface area contributed by atoms with Crippen molar-refractivity contribution in [2.75, 3.05) is 0 Å². The van der Waals surface area contributed by atoms with Crippen molar-refractivity contribution in [3.63, 3.8) is 0 Å². The fourth-order valence-electron chi connectivity index (χ4n) is 3.58. The summed E-state index contributed by atoms with van der Waals surface area (Å²) >= 11 is 0. The lowest BCUT2D eigenvalue weighted by atomic mass is 9.82. The van der Waals surface area contributed by atoms with Crippen LogP contribution in [0, 0.1) is 17.8 Å². The Kier molecular flexibility index (Phi) is 11.3. The fraction of sp³-hybridized carbons (Fsp3) is 0.593. The number of amides is 1. The lowest BCUT2D eigenvalue weighted by molar-refractivity contribution is -0.164. The number of nitrogens with one attached hydrogen (secondary N) is 1. The van der Waals surface area contributed by atoms with Gasteiger partial charge < -0.3 is 14.8 Å². The maximum atomic E-state index is 13.5. The minimum absolute atomic E-state index is 0.158. The predicted molar refractivity (Wildman–Crippen MR) is 130 cm³/mol. The smallest absolute Gasteiger partial charge is 0.329 e. The van der Waals surface area contributed by atoms with E-state index in [9.17, 15) is 14.4 Å². The molecule has 0 unspecified atom stereocenters. The average Bonchev–Trinajstić information content (AvgIpc) is 2.68. The molecule has 0 saturated heterocycles. The molecule has 1 aromatic carbocycles. The van der Waals surface area contributed by atoms with Gasteiger partial charge in [0, 0.05) is 6.42 Å². The van der Waals surface area contributed by atoms with Gasteiger partial charge in [-0.3, -0.25) is 9.59 Å². The lowest BCUT2D eigenvalue weighted by Crippen LogP contribution is -2.49. The van der Waals surface area contributed by atoms with Crippen LogP contribution in [0.25, 0.3) is 0 Å². The van der Waals surface area contributed by atoms with Gasteiger partial charge in [-0.2, -0.15) is 0 Å². The number of carbonyl (C=O) groups excluding carboxylic acids is 3. The lowest BCUT2D eigenvalue weighted by Gasteiger charge is -2.30. The van der Waals surface area contributed by atoms with Crippen molar-refractivity contribution < 1.29 is 23.9 Å². The molecule has 6 heteroatoms. The molecular weight excluding hydrogens is 418 g/mol. The molecule has 6 nitrogen and oxygen atoms in total. The zero-order valence-corrected chi connectivity index (χ0v) is 21.2. The van der Waals surface area contributed by atoms with Crippen molar-refractivity contribution in [1.29, 1.82) is 0 Å². The summed E-state index contributed by atoms with van der Waals surface area (Å²) in [5.74, 6) is -2.49. The third kappa shape index (κ3) is 10.7. The first-order valence-electron chi connectivity index (χ1n) is 11.7. The first-order valence-corrected chi connectivity index (χ1v) is 11.7. The molecule has 0 fully saturated rings. The van der Waals surface area contributed by atoms with Crippen molar-refractivity contribution in [2.45, 2.75) is 85.5 Å². The summed E-state index contributed by atoms with van der Waals surface area (Å²) in [5.41, 5.74) is 0.227. The molecule has 1 aromatic rings. The number of esters is 2. The molecule has 184 valence electrons. The van der Waals surface area contributed by atoms with Crippen molar-refractivity contribution in [3.05, 3.63) is 48.6 Å². The number of benzene rings is 1. The normalized spacial score (nSPS) is 14.3. The quantitative estimate of drug-likeness (QED) is 0.356. The molecule has 33 heavy (non-hydrogen) atoms. The molecule has 0 radical (unpaired) electrons. The highest BCUT2D eigenvalue weighted by Crippen LogP contribution is 2.28. The van der Waals surface area contributed by atoms with Crippen molar-refractivity contribution >= 4 is 17.8 Å².